The predicted octanol–water partition coefficient (Wildman–Crippen LogP) is 2.71. The highest BCUT2D eigenvalue weighted by Crippen LogP contribution is 2.15. The standard InChI is InChI=1S/C16H26FN3O2S.HI/c1-5-18-15(19-10-11-23(21,22)16(2,3)4)20-12-13-6-8-14(17)9-7-13;/h6-9H,5,10-12H2,1-4H3,(H2,18,19,20);1H. The van der Waals surface area contributed by atoms with Gasteiger partial charge in [-0.1, -0.05) is 12.1 Å². The first kappa shape index (κ1) is 23.1. The van der Waals surface area contributed by atoms with Gasteiger partial charge in [-0.05, 0) is 45.4 Å². The van der Waals surface area contributed by atoms with E-state index >= 15 is 0 Å². The molecule has 0 saturated carbocycles. The van der Waals surface area contributed by atoms with Gasteiger partial charge in [-0.15, -0.1) is 24.0 Å². The third-order valence-corrected chi connectivity index (χ3v) is 5.88. The average molecular weight is 471 g/mol. The summed E-state index contributed by atoms with van der Waals surface area (Å²) in [6, 6.07) is 6.13. The summed E-state index contributed by atoms with van der Waals surface area (Å²) in [5, 5.41) is 6.08. The highest BCUT2D eigenvalue weighted by atomic mass is 127. The Morgan fingerprint density at radius 2 is 1.75 bits per heavy atom. The molecule has 1 aromatic rings. The van der Waals surface area contributed by atoms with Gasteiger partial charge in [0.1, 0.15) is 5.82 Å². The third kappa shape index (κ3) is 7.78. The molecule has 5 nitrogen and oxygen atoms in total. The molecule has 0 atom stereocenters. The molecule has 0 aliphatic rings. The predicted molar refractivity (Wildman–Crippen MR) is 108 cm³/mol. The van der Waals surface area contributed by atoms with Crippen LogP contribution in [-0.4, -0.2) is 38.0 Å². The molecule has 8 heteroatoms. The van der Waals surface area contributed by atoms with E-state index in [-0.39, 0.29) is 42.1 Å². The number of benzene rings is 1. The van der Waals surface area contributed by atoms with Crippen LogP contribution in [-0.2, 0) is 16.4 Å². The van der Waals surface area contributed by atoms with Crippen molar-refractivity contribution in [3.05, 3.63) is 35.6 Å². The summed E-state index contributed by atoms with van der Waals surface area (Å²) in [5.41, 5.74) is 0.880. The maximum Gasteiger partial charge on any atom is 0.191 e. The van der Waals surface area contributed by atoms with Gasteiger partial charge >= 0.3 is 0 Å². The zero-order valence-corrected chi connectivity index (χ0v) is 17.7. The van der Waals surface area contributed by atoms with Gasteiger partial charge in [0.05, 0.1) is 17.0 Å². The Morgan fingerprint density at radius 3 is 2.25 bits per heavy atom. The average Bonchev–Trinajstić information content (AvgIpc) is 2.45. The molecule has 138 valence electrons. The second-order valence-electron chi connectivity index (χ2n) is 6.18. The van der Waals surface area contributed by atoms with Gasteiger partial charge in [0.2, 0.25) is 0 Å². The van der Waals surface area contributed by atoms with Crippen LogP contribution < -0.4 is 10.6 Å². The van der Waals surface area contributed by atoms with Gasteiger partial charge in [-0.2, -0.15) is 0 Å². The maximum atomic E-state index is 12.9. The zero-order chi connectivity index (χ0) is 17.5. The van der Waals surface area contributed by atoms with Crippen molar-refractivity contribution in [3.63, 3.8) is 0 Å². The number of nitrogens with zero attached hydrogens (tertiary/aromatic N) is 1. The van der Waals surface area contributed by atoms with E-state index in [2.05, 4.69) is 15.6 Å². The van der Waals surface area contributed by atoms with Gasteiger partial charge < -0.3 is 10.6 Å². The lowest BCUT2D eigenvalue weighted by molar-refractivity contribution is 0.559. The van der Waals surface area contributed by atoms with Gasteiger partial charge in [0.15, 0.2) is 15.8 Å². The van der Waals surface area contributed by atoms with Crippen molar-refractivity contribution < 1.29 is 12.8 Å². The van der Waals surface area contributed by atoms with Crippen molar-refractivity contribution in [3.8, 4) is 0 Å². The smallest absolute Gasteiger partial charge is 0.191 e. The van der Waals surface area contributed by atoms with E-state index in [9.17, 15) is 12.8 Å². The molecule has 0 aromatic heterocycles. The first-order chi connectivity index (χ1) is 10.7. The molecule has 24 heavy (non-hydrogen) atoms. The summed E-state index contributed by atoms with van der Waals surface area (Å²) < 4.78 is 36.2. The first-order valence-corrected chi connectivity index (χ1v) is 9.30. The number of guanidine groups is 1. The summed E-state index contributed by atoms with van der Waals surface area (Å²) in [5.74, 6) is 0.299. The number of rotatable bonds is 6. The van der Waals surface area contributed by atoms with Crippen LogP contribution in [0.5, 0.6) is 0 Å². The molecule has 0 unspecified atom stereocenters. The molecule has 0 aliphatic heterocycles. The molecule has 0 bridgehead atoms. The molecule has 1 rings (SSSR count). The van der Waals surface area contributed by atoms with Crippen LogP contribution >= 0.6 is 24.0 Å². The van der Waals surface area contributed by atoms with Gasteiger partial charge in [0.25, 0.3) is 0 Å². The lowest BCUT2D eigenvalue weighted by Crippen LogP contribution is -2.41. The Hall–Kier alpha value is -0.900. The quantitative estimate of drug-likeness (QED) is 0.381. The van der Waals surface area contributed by atoms with Crippen molar-refractivity contribution in [1.82, 2.24) is 10.6 Å². The highest BCUT2D eigenvalue weighted by molar-refractivity contribution is 14.0. The topological polar surface area (TPSA) is 70.6 Å². The number of halogens is 2. The molecule has 0 fully saturated rings. The summed E-state index contributed by atoms with van der Waals surface area (Å²) in [7, 11) is -3.17. The van der Waals surface area contributed by atoms with Crippen molar-refractivity contribution in [1.29, 1.82) is 0 Å². The van der Waals surface area contributed by atoms with E-state index < -0.39 is 14.6 Å². The fraction of sp³-hybridized carbons (Fsp3) is 0.562. The number of hydrogen-bond donors (Lipinski definition) is 2. The fourth-order valence-corrected chi connectivity index (χ4v) is 2.70. The van der Waals surface area contributed by atoms with Crippen LogP contribution in [0.2, 0.25) is 0 Å². The lowest BCUT2D eigenvalue weighted by atomic mass is 10.2. The zero-order valence-electron chi connectivity index (χ0n) is 14.6. The van der Waals surface area contributed by atoms with Crippen LogP contribution in [0.4, 0.5) is 4.39 Å². The van der Waals surface area contributed by atoms with Gasteiger partial charge in [-0.25, -0.2) is 17.8 Å². The van der Waals surface area contributed by atoms with Crippen LogP contribution in [0.1, 0.15) is 33.3 Å². The van der Waals surface area contributed by atoms with E-state index in [1.807, 2.05) is 6.92 Å². The number of nitrogens with one attached hydrogen (secondary N) is 2. The summed E-state index contributed by atoms with van der Waals surface area (Å²) in [6.45, 7) is 8.35. The van der Waals surface area contributed by atoms with Crippen molar-refractivity contribution in [2.24, 2.45) is 4.99 Å². The number of aliphatic imine (C=N–C) groups is 1. The Balaban J connectivity index is 0.00000529. The Kier molecular flexibility index (Phi) is 9.79. The molecular weight excluding hydrogens is 444 g/mol. The van der Waals surface area contributed by atoms with Crippen LogP contribution in [0.15, 0.2) is 29.3 Å². The van der Waals surface area contributed by atoms with Gasteiger partial charge in [0, 0.05) is 13.1 Å². The SMILES string of the molecule is CCNC(=NCc1ccc(F)cc1)NCCS(=O)(=O)C(C)(C)C.I. The Labute approximate surface area is 161 Å². The van der Waals surface area contributed by atoms with Crippen LogP contribution in [0, 0.1) is 5.82 Å². The second-order valence-corrected chi connectivity index (χ2v) is 9.04. The molecule has 0 amide bonds. The molecule has 0 spiro atoms. The Morgan fingerprint density at radius 1 is 1.17 bits per heavy atom. The Bertz CT molecular complexity index is 626. The molecule has 0 radical (unpaired) electrons. The van der Waals surface area contributed by atoms with Crippen molar-refractivity contribution >= 4 is 39.8 Å². The molecule has 0 heterocycles. The van der Waals surface area contributed by atoms with E-state index in [4.69, 9.17) is 0 Å². The van der Waals surface area contributed by atoms with Crippen LogP contribution in [0.25, 0.3) is 0 Å². The molecule has 2 N–H and O–H groups in total. The fourth-order valence-electron chi connectivity index (χ4n) is 1.71. The normalized spacial score (nSPS) is 12.5. The summed E-state index contributed by atoms with van der Waals surface area (Å²) >= 11 is 0. The monoisotopic (exact) mass is 471 g/mol. The summed E-state index contributed by atoms with van der Waals surface area (Å²) in [4.78, 5) is 4.37. The largest absolute Gasteiger partial charge is 0.357 e. The number of sulfone groups is 1. The van der Waals surface area contributed by atoms with Gasteiger partial charge in [-0.3, -0.25) is 0 Å². The van der Waals surface area contributed by atoms with E-state index in [1.54, 1.807) is 32.9 Å². The van der Waals surface area contributed by atoms with Crippen molar-refractivity contribution in [2.75, 3.05) is 18.8 Å². The second kappa shape index (κ2) is 10.2. The maximum absolute atomic E-state index is 12.9. The molecule has 0 saturated heterocycles. The lowest BCUT2D eigenvalue weighted by Gasteiger charge is -2.19. The molecule has 1 aromatic carbocycles. The van der Waals surface area contributed by atoms with E-state index in [0.717, 1.165) is 5.56 Å². The van der Waals surface area contributed by atoms with Crippen LogP contribution in [0.3, 0.4) is 0 Å². The van der Waals surface area contributed by atoms with E-state index in [0.29, 0.717) is 19.0 Å². The minimum Gasteiger partial charge on any atom is -0.357 e. The minimum absolute atomic E-state index is 0. The molecular formula is C16H27FIN3O2S. The third-order valence-electron chi connectivity index (χ3n) is 3.27. The number of hydrogen-bond acceptors (Lipinski definition) is 3. The van der Waals surface area contributed by atoms with Crippen molar-refractivity contribution in [2.45, 2.75) is 39.0 Å². The van der Waals surface area contributed by atoms with E-state index in [1.165, 1.54) is 12.1 Å². The summed E-state index contributed by atoms with van der Waals surface area (Å²) in [6.07, 6.45) is 0. The highest BCUT2D eigenvalue weighted by Gasteiger charge is 2.28. The minimum atomic E-state index is -3.17. The first-order valence-electron chi connectivity index (χ1n) is 7.64. The molecule has 0 aliphatic carbocycles.